The molecule has 6 rings (SSSR count). The van der Waals surface area contributed by atoms with Gasteiger partial charge in [0.25, 0.3) is 5.56 Å². The Morgan fingerprint density at radius 1 is 1.02 bits per heavy atom. The highest BCUT2D eigenvalue weighted by Gasteiger charge is 2.18. The maximum Gasteiger partial charge on any atom is 0.252 e. The van der Waals surface area contributed by atoms with Crippen molar-refractivity contribution in [2.75, 3.05) is 0 Å². The highest BCUT2D eigenvalue weighted by molar-refractivity contribution is 6.30. The van der Waals surface area contributed by atoms with Gasteiger partial charge in [0.05, 0.1) is 29.1 Å². The van der Waals surface area contributed by atoms with E-state index in [0.29, 0.717) is 39.3 Å². The van der Waals surface area contributed by atoms with E-state index >= 15 is 0 Å². The molecule has 3 N–H and O–H groups in total. The molecule has 11 nitrogen and oxygen atoms in total. The van der Waals surface area contributed by atoms with Gasteiger partial charge >= 0.3 is 0 Å². The van der Waals surface area contributed by atoms with Crippen LogP contribution in [0.1, 0.15) is 22.9 Å². The zero-order chi connectivity index (χ0) is 29.8. The number of benzene rings is 3. The van der Waals surface area contributed by atoms with E-state index in [9.17, 15) is 14.7 Å². The number of amides is 1. The number of fused-ring (bicyclic) bond motifs is 1. The van der Waals surface area contributed by atoms with Crippen LogP contribution in [0.2, 0.25) is 5.02 Å². The molecule has 3 aromatic heterocycles. The van der Waals surface area contributed by atoms with Crippen molar-refractivity contribution in [1.29, 1.82) is 0 Å². The Morgan fingerprint density at radius 3 is 2.70 bits per heavy atom. The van der Waals surface area contributed by atoms with Crippen LogP contribution >= 0.6 is 11.6 Å². The van der Waals surface area contributed by atoms with Crippen LogP contribution in [-0.4, -0.2) is 46.4 Å². The summed E-state index contributed by atoms with van der Waals surface area (Å²) in [5.41, 5.74) is 4.46. The Bertz CT molecular complexity index is 2010. The van der Waals surface area contributed by atoms with Gasteiger partial charge in [0, 0.05) is 33.7 Å². The third-order valence-electron chi connectivity index (χ3n) is 6.78. The van der Waals surface area contributed by atoms with Gasteiger partial charge in [0.15, 0.2) is 0 Å². The van der Waals surface area contributed by atoms with Crippen molar-refractivity contribution in [3.05, 3.63) is 130 Å². The van der Waals surface area contributed by atoms with Crippen molar-refractivity contribution >= 4 is 34.5 Å². The molecular formula is C31H23ClN8O3. The van der Waals surface area contributed by atoms with Gasteiger partial charge in [-0.3, -0.25) is 9.59 Å². The molecule has 12 heteroatoms. The fraction of sp³-hybridized carbons (Fsp3) is 0.0645. The van der Waals surface area contributed by atoms with Gasteiger partial charge < -0.3 is 15.4 Å². The summed E-state index contributed by atoms with van der Waals surface area (Å²) in [7, 11) is 0. The predicted molar refractivity (Wildman–Crippen MR) is 161 cm³/mol. The van der Waals surface area contributed by atoms with E-state index in [1.54, 1.807) is 42.6 Å². The Balaban J connectivity index is 1.31. The Morgan fingerprint density at radius 2 is 1.88 bits per heavy atom. The molecule has 0 radical (unpaired) electrons. The molecule has 0 fully saturated rings. The summed E-state index contributed by atoms with van der Waals surface area (Å²) in [4.78, 5) is 27.7. The topological polar surface area (TPSA) is 152 Å². The average molecular weight is 591 g/mol. The van der Waals surface area contributed by atoms with Crippen molar-refractivity contribution in [2.45, 2.75) is 12.5 Å². The summed E-state index contributed by atoms with van der Waals surface area (Å²) in [5.74, 6) is -0.470. The number of aromatic amines is 1. The number of halogens is 1. The van der Waals surface area contributed by atoms with Crippen molar-refractivity contribution < 1.29 is 9.90 Å². The molecule has 0 aliphatic carbocycles. The van der Waals surface area contributed by atoms with Gasteiger partial charge in [-0.25, -0.2) is 0 Å². The normalized spacial score (nSPS) is 12.0. The minimum atomic E-state index is -0.518. The second-order valence-corrected chi connectivity index (χ2v) is 10.1. The number of hydrogen-bond acceptors (Lipinski definition) is 8. The number of nitrogens with zero attached hydrogens (tertiary/aromatic N) is 6. The SMILES string of the molecule is O=C(/C=C/c1cc(Cl)ccc1-n1cnnn1)N[C@@H](Cc1ccccc1)c1cc(-c2ccc3[nH]c(=O)cc(O)c3c2)cnn1. The van der Waals surface area contributed by atoms with E-state index in [2.05, 4.69) is 36.0 Å². The standard InChI is InChI=1S/C31H23ClN8O3/c32-23-8-10-28(40-18-34-38-39-40)21(13-23)7-11-30(42)36-26(12-19-4-2-1-3-5-19)27-15-22(17-33-37-27)20-6-9-25-24(14-20)29(41)16-31(43)35-25/h1-11,13-18,26H,12H2,(H,36,42)(H2,35,41,43)/b11-7+/t26-/m0/s1. The molecule has 0 bridgehead atoms. The molecule has 0 aliphatic heterocycles. The third kappa shape index (κ3) is 6.31. The van der Waals surface area contributed by atoms with Crippen LogP contribution in [0.3, 0.4) is 0 Å². The first-order valence-corrected chi connectivity index (χ1v) is 13.6. The van der Waals surface area contributed by atoms with Gasteiger partial charge in [-0.15, -0.1) is 5.10 Å². The van der Waals surface area contributed by atoms with Crippen LogP contribution in [0.5, 0.6) is 5.75 Å². The number of carbonyl (C=O) groups excluding carboxylic acids is 1. The number of tetrazole rings is 1. The molecule has 6 aromatic rings. The molecule has 43 heavy (non-hydrogen) atoms. The zero-order valence-corrected chi connectivity index (χ0v) is 23.2. The maximum absolute atomic E-state index is 13.3. The second kappa shape index (κ2) is 12.0. The summed E-state index contributed by atoms with van der Waals surface area (Å²) in [6, 6.07) is 22.7. The first kappa shape index (κ1) is 27.5. The average Bonchev–Trinajstić information content (AvgIpc) is 3.55. The lowest BCUT2D eigenvalue weighted by Crippen LogP contribution is -2.29. The Hall–Kier alpha value is -5.68. The first-order valence-electron chi connectivity index (χ1n) is 13.2. The fourth-order valence-corrected chi connectivity index (χ4v) is 4.91. The monoisotopic (exact) mass is 590 g/mol. The smallest absolute Gasteiger partial charge is 0.252 e. The van der Waals surface area contributed by atoms with Crippen molar-refractivity contribution in [2.24, 2.45) is 0 Å². The number of aromatic hydroxyl groups is 1. The lowest BCUT2D eigenvalue weighted by Gasteiger charge is -2.18. The molecule has 1 amide bonds. The quantitative estimate of drug-likeness (QED) is 0.220. The summed E-state index contributed by atoms with van der Waals surface area (Å²) < 4.78 is 1.48. The summed E-state index contributed by atoms with van der Waals surface area (Å²) in [5, 5.41) is 34.2. The number of nitrogens with one attached hydrogen (secondary N) is 2. The van der Waals surface area contributed by atoms with Crippen LogP contribution in [0, 0.1) is 0 Å². The van der Waals surface area contributed by atoms with E-state index in [1.165, 1.54) is 17.1 Å². The molecule has 0 aliphatic rings. The van der Waals surface area contributed by atoms with Crippen molar-refractivity contribution in [3.63, 3.8) is 0 Å². The molecule has 0 unspecified atom stereocenters. The summed E-state index contributed by atoms with van der Waals surface area (Å²) >= 11 is 6.22. The maximum atomic E-state index is 13.3. The number of rotatable bonds is 8. The summed E-state index contributed by atoms with van der Waals surface area (Å²) in [6.07, 6.45) is 6.59. The molecule has 3 aromatic carbocycles. The van der Waals surface area contributed by atoms with Gasteiger partial charge in [-0.2, -0.15) is 14.9 Å². The van der Waals surface area contributed by atoms with Crippen molar-refractivity contribution in [3.8, 4) is 22.6 Å². The van der Waals surface area contributed by atoms with Gasteiger partial charge in [0.2, 0.25) is 5.91 Å². The Labute approximate surface area is 249 Å². The van der Waals surface area contributed by atoms with Gasteiger partial charge in [-0.05, 0) is 70.4 Å². The van der Waals surface area contributed by atoms with Gasteiger partial charge in [-0.1, -0.05) is 48.0 Å². The van der Waals surface area contributed by atoms with E-state index in [4.69, 9.17) is 11.6 Å². The van der Waals surface area contributed by atoms with E-state index in [1.807, 2.05) is 42.5 Å². The summed E-state index contributed by atoms with van der Waals surface area (Å²) in [6.45, 7) is 0. The number of hydrogen-bond donors (Lipinski definition) is 3. The predicted octanol–water partition coefficient (Wildman–Crippen LogP) is 4.43. The number of aromatic nitrogens is 7. The molecule has 0 saturated carbocycles. The van der Waals surface area contributed by atoms with Crippen LogP contribution in [0.4, 0.5) is 0 Å². The molecule has 3 heterocycles. The highest BCUT2D eigenvalue weighted by Crippen LogP contribution is 2.29. The van der Waals surface area contributed by atoms with Crippen LogP contribution in [0.15, 0.2) is 102 Å². The molecular weight excluding hydrogens is 568 g/mol. The minimum absolute atomic E-state index is 0.119. The highest BCUT2D eigenvalue weighted by atomic mass is 35.5. The number of carbonyl (C=O) groups is 1. The molecule has 1 atom stereocenters. The molecule has 0 spiro atoms. The fourth-order valence-electron chi connectivity index (χ4n) is 4.73. The number of pyridine rings is 1. The third-order valence-corrected chi connectivity index (χ3v) is 7.02. The molecule has 0 saturated heterocycles. The van der Waals surface area contributed by atoms with Crippen molar-refractivity contribution in [1.82, 2.24) is 40.7 Å². The second-order valence-electron chi connectivity index (χ2n) is 9.69. The van der Waals surface area contributed by atoms with E-state index < -0.39 is 6.04 Å². The minimum Gasteiger partial charge on any atom is -0.507 e. The van der Waals surface area contributed by atoms with Crippen LogP contribution in [-0.2, 0) is 11.2 Å². The lowest BCUT2D eigenvalue weighted by atomic mass is 9.99. The first-order chi connectivity index (χ1) is 20.9. The molecule has 212 valence electrons. The Kier molecular flexibility index (Phi) is 7.70. The van der Waals surface area contributed by atoms with E-state index in [0.717, 1.165) is 22.8 Å². The van der Waals surface area contributed by atoms with Gasteiger partial charge in [0.1, 0.15) is 12.1 Å². The van der Waals surface area contributed by atoms with Crippen LogP contribution < -0.4 is 10.9 Å². The number of H-pyrrole nitrogens is 1. The lowest BCUT2D eigenvalue weighted by molar-refractivity contribution is -0.117. The van der Waals surface area contributed by atoms with Crippen LogP contribution in [0.25, 0.3) is 33.8 Å². The van der Waals surface area contributed by atoms with E-state index in [-0.39, 0.29) is 17.2 Å². The zero-order valence-electron chi connectivity index (χ0n) is 22.4. The largest absolute Gasteiger partial charge is 0.507 e.